The molecule has 15 heavy (non-hydrogen) atoms. The molecule has 0 aromatic carbocycles. The van der Waals surface area contributed by atoms with Gasteiger partial charge in [-0.3, -0.25) is 0 Å². The molecule has 0 aromatic heterocycles. The number of hydrogen-bond donors (Lipinski definition) is 0. The molecule has 1 aliphatic rings. The third-order valence-electron chi connectivity index (χ3n) is 1.90. The van der Waals surface area contributed by atoms with Crippen LogP contribution in [0, 0.1) is 18.4 Å². The fourth-order valence-electron chi connectivity index (χ4n) is 1.23. The number of allylic oxidation sites excluding steroid dienone is 4. The summed E-state index contributed by atoms with van der Waals surface area (Å²) >= 11 is 0. The van der Waals surface area contributed by atoms with Gasteiger partial charge in [-0.1, -0.05) is 6.08 Å². The van der Waals surface area contributed by atoms with Crippen LogP contribution in [0.2, 0.25) is 0 Å². The second kappa shape index (κ2) is 3.57. The summed E-state index contributed by atoms with van der Waals surface area (Å²) in [6.07, 6.45) is -5.51. The van der Waals surface area contributed by atoms with Crippen molar-refractivity contribution < 1.29 is 26.3 Å². The fraction of sp³-hybridized carbons (Fsp3) is 0.444. The Kier molecular flexibility index (Phi) is 2.89. The van der Waals surface area contributed by atoms with Crippen LogP contribution in [0.5, 0.6) is 0 Å². The summed E-state index contributed by atoms with van der Waals surface area (Å²) in [6, 6.07) is 0. The van der Waals surface area contributed by atoms with Gasteiger partial charge in [0.2, 0.25) is 0 Å². The highest BCUT2D eigenvalue weighted by molar-refractivity contribution is 5.35. The number of hydrogen-bond acceptors (Lipinski definition) is 0. The van der Waals surface area contributed by atoms with Crippen molar-refractivity contribution in [2.24, 2.45) is 5.92 Å². The first-order chi connectivity index (χ1) is 6.64. The van der Waals surface area contributed by atoms with Crippen LogP contribution < -0.4 is 0 Å². The van der Waals surface area contributed by atoms with E-state index in [1.54, 1.807) is 12.5 Å². The molecule has 0 saturated carbocycles. The van der Waals surface area contributed by atoms with Crippen molar-refractivity contribution in [1.29, 1.82) is 0 Å². The average molecular weight is 227 g/mol. The van der Waals surface area contributed by atoms with E-state index < -0.39 is 29.4 Å². The van der Waals surface area contributed by atoms with Crippen LogP contribution in [0.15, 0.2) is 17.2 Å². The monoisotopic (exact) mass is 227 g/mol. The van der Waals surface area contributed by atoms with Crippen LogP contribution in [-0.2, 0) is 0 Å². The van der Waals surface area contributed by atoms with Crippen LogP contribution in [0.3, 0.4) is 0 Å². The highest BCUT2D eigenvalue weighted by atomic mass is 19.4. The molecule has 0 spiro atoms. The molecule has 6 heteroatoms. The first-order valence-electron chi connectivity index (χ1n) is 3.83. The molecule has 0 saturated heterocycles. The standard InChI is InChI=1S/C9H5F6/c1-5-6(8(10,11)12)3-2-4-7(5)9(13,14)15/h2,6H,1H3. The molecule has 0 heterocycles. The van der Waals surface area contributed by atoms with Gasteiger partial charge in [0, 0.05) is 6.42 Å². The molecule has 0 nitrogen and oxygen atoms in total. The predicted molar refractivity (Wildman–Crippen MR) is 39.4 cm³/mol. The van der Waals surface area contributed by atoms with Gasteiger partial charge in [-0.15, -0.1) is 0 Å². The summed E-state index contributed by atoms with van der Waals surface area (Å²) in [5, 5.41) is 0. The zero-order chi connectivity index (χ0) is 11.9. The Hall–Kier alpha value is -0.940. The Balaban J connectivity index is 3.11. The molecule has 0 N–H and O–H groups in total. The quantitative estimate of drug-likeness (QED) is 0.555. The summed E-state index contributed by atoms with van der Waals surface area (Å²) in [4.78, 5) is 0. The molecule has 0 aromatic rings. The van der Waals surface area contributed by atoms with Crippen molar-refractivity contribution in [3.63, 3.8) is 0 Å². The van der Waals surface area contributed by atoms with Crippen LogP contribution >= 0.6 is 0 Å². The van der Waals surface area contributed by atoms with Gasteiger partial charge in [0.15, 0.2) is 0 Å². The first-order valence-corrected chi connectivity index (χ1v) is 3.83. The lowest BCUT2D eigenvalue weighted by Gasteiger charge is -2.24. The van der Waals surface area contributed by atoms with E-state index in [0.717, 1.165) is 6.92 Å². The van der Waals surface area contributed by atoms with Gasteiger partial charge in [0.1, 0.15) is 0 Å². The van der Waals surface area contributed by atoms with Crippen molar-refractivity contribution in [1.82, 2.24) is 0 Å². The Morgan fingerprint density at radius 3 is 2.07 bits per heavy atom. The van der Waals surface area contributed by atoms with E-state index in [1.807, 2.05) is 0 Å². The molecule has 0 aliphatic heterocycles. The minimum atomic E-state index is -4.81. The first kappa shape index (κ1) is 12.1. The topological polar surface area (TPSA) is 0 Å². The largest absolute Gasteiger partial charge is 0.416 e. The molecule has 83 valence electrons. The van der Waals surface area contributed by atoms with Gasteiger partial charge in [0.25, 0.3) is 0 Å². The average Bonchev–Trinajstić information content (AvgIpc) is 1.99. The van der Waals surface area contributed by atoms with E-state index in [2.05, 4.69) is 0 Å². The van der Waals surface area contributed by atoms with Gasteiger partial charge in [-0.2, -0.15) is 26.3 Å². The van der Waals surface area contributed by atoms with E-state index in [4.69, 9.17) is 0 Å². The predicted octanol–water partition coefficient (Wildman–Crippen LogP) is 3.50. The molecule has 1 aliphatic carbocycles. The summed E-state index contributed by atoms with van der Waals surface area (Å²) in [7, 11) is 0. The van der Waals surface area contributed by atoms with Crippen LogP contribution in [0.1, 0.15) is 6.92 Å². The molecule has 3 radical (unpaired) electrons. The number of rotatable bonds is 0. The normalized spacial score (nSPS) is 23.5. The lowest BCUT2D eigenvalue weighted by Crippen LogP contribution is -2.29. The molecule has 1 rings (SSSR count). The molecular weight excluding hydrogens is 222 g/mol. The third-order valence-corrected chi connectivity index (χ3v) is 1.90. The fourth-order valence-corrected chi connectivity index (χ4v) is 1.23. The summed E-state index contributed by atoms with van der Waals surface area (Å²) in [5.41, 5.74) is -2.19. The van der Waals surface area contributed by atoms with Crippen LogP contribution in [0.25, 0.3) is 0 Å². The molecule has 0 bridgehead atoms. The Morgan fingerprint density at radius 2 is 1.67 bits per heavy atom. The minimum Gasteiger partial charge on any atom is -0.170 e. The van der Waals surface area contributed by atoms with Gasteiger partial charge in [0.05, 0.1) is 11.5 Å². The van der Waals surface area contributed by atoms with Gasteiger partial charge < -0.3 is 0 Å². The Morgan fingerprint density at radius 1 is 1.13 bits per heavy atom. The van der Waals surface area contributed by atoms with Crippen LogP contribution in [-0.4, -0.2) is 12.4 Å². The summed E-state index contributed by atoms with van der Waals surface area (Å²) < 4.78 is 73.4. The van der Waals surface area contributed by atoms with E-state index >= 15 is 0 Å². The molecule has 0 amide bonds. The second-order valence-electron chi connectivity index (χ2n) is 2.99. The summed E-state index contributed by atoms with van der Waals surface area (Å²) in [5.74, 6) is -2.30. The van der Waals surface area contributed by atoms with Gasteiger partial charge >= 0.3 is 12.4 Å². The Bertz CT molecular complexity index is 304. The molecule has 1 unspecified atom stereocenters. The maximum atomic E-state index is 12.2. The lowest BCUT2D eigenvalue weighted by molar-refractivity contribution is -0.156. The zero-order valence-electron chi connectivity index (χ0n) is 7.42. The van der Waals surface area contributed by atoms with E-state index in [0.29, 0.717) is 6.08 Å². The third kappa shape index (κ3) is 2.54. The SMILES string of the molecule is CC1=C(C(F)(F)F)[C]=C[C]C1C(F)(F)F. The van der Waals surface area contributed by atoms with Crippen molar-refractivity contribution in [3.8, 4) is 0 Å². The number of alkyl halides is 6. The van der Waals surface area contributed by atoms with Crippen molar-refractivity contribution in [2.75, 3.05) is 0 Å². The highest BCUT2D eigenvalue weighted by Crippen LogP contribution is 2.41. The lowest BCUT2D eigenvalue weighted by atomic mass is 9.87. The molecule has 0 fully saturated rings. The number of halogens is 6. The Labute approximate surface area is 82.3 Å². The second-order valence-corrected chi connectivity index (χ2v) is 2.99. The minimum absolute atomic E-state index is 0.536. The summed E-state index contributed by atoms with van der Waals surface area (Å²) in [6.45, 7) is 0.786. The van der Waals surface area contributed by atoms with E-state index in [9.17, 15) is 26.3 Å². The van der Waals surface area contributed by atoms with Crippen molar-refractivity contribution in [2.45, 2.75) is 19.3 Å². The van der Waals surface area contributed by atoms with E-state index in [1.165, 1.54) is 0 Å². The molecular formula is C9H5F6. The zero-order valence-corrected chi connectivity index (χ0v) is 7.42. The van der Waals surface area contributed by atoms with Crippen molar-refractivity contribution in [3.05, 3.63) is 29.7 Å². The highest BCUT2D eigenvalue weighted by Gasteiger charge is 2.46. The van der Waals surface area contributed by atoms with Gasteiger partial charge in [-0.05, 0) is 18.6 Å². The molecule has 1 atom stereocenters. The maximum absolute atomic E-state index is 12.2. The van der Waals surface area contributed by atoms with Gasteiger partial charge in [-0.25, -0.2) is 0 Å². The van der Waals surface area contributed by atoms with Crippen LogP contribution in [0.4, 0.5) is 26.3 Å². The van der Waals surface area contributed by atoms with Crippen molar-refractivity contribution >= 4 is 0 Å². The van der Waals surface area contributed by atoms with E-state index in [-0.39, 0.29) is 0 Å². The maximum Gasteiger partial charge on any atom is 0.416 e. The smallest absolute Gasteiger partial charge is 0.170 e.